The largest absolute Gasteiger partial charge is 0.244 e. The van der Waals surface area contributed by atoms with Gasteiger partial charge in [-0.25, -0.2) is 14.1 Å². The molecule has 0 bridgehead atoms. The number of halogens is 1. The fraction of sp³-hybridized carbons (Fsp3) is 0.467. The van der Waals surface area contributed by atoms with E-state index in [9.17, 15) is 4.39 Å². The first-order chi connectivity index (χ1) is 8.97. The predicted octanol–water partition coefficient (Wildman–Crippen LogP) is 3.06. The first-order valence-electron chi connectivity index (χ1n) is 6.62. The van der Waals surface area contributed by atoms with E-state index >= 15 is 0 Å². The third-order valence-electron chi connectivity index (χ3n) is 3.50. The average molecular weight is 259 g/mol. The fourth-order valence-corrected chi connectivity index (χ4v) is 2.47. The number of rotatable bonds is 1. The van der Waals surface area contributed by atoms with Crippen LogP contribution in [0.2, 0.25) is 0 Å². The minimum Gasteiger partial charge on any atom is -0.244 e. The topological polar surface area (TPSA) is 30.7 Å². The van der Waals surface area contributed by atoms with Gasteiger partial charge >= 0.3 is 0 Å². The monoisotopic (exact) mass is 259 g/mol. The molecule has 0 aliphatic carbocycles. The molecule has 0 saturated carbocycles. The number of hydrogen-bond donors (Lipinski definition) is 0. The molecule has 0 fully saturated rings. The van der Waals surface area contributed by atoms with Crippen molar-refractivity contribution in [1.82, 2.24) is 14.8 Å². The van der Waals surface area contributed by atoms with Gasteiger partial charge in [-0.15, -0.1) is 0 Å². The molecule has 4 heteroatoms. The zero-order valence-corrected chi connectivity index (χ0v) is 11.5. The second-order valence-electron chi connectivity index (χ2n) is 6.12. The summed E-state index contributed by atoms with van der Waals surface area (Å²) in [5.41, 5.74) is 0.851. The Morgan fingerprint density at radius 2 is 1.89 bits per heavy atom. The lowest BCUT2D eigenvalue weighted by Gasteiger charge is -2.17. The van der Waals surface area contributed by atoms with Gasteiger partial charge in [-0.05, 0) is 5.56 Å². The summed E-state index contributed by atoms with van der Waals surface area (Å²) in [5, 5.41) is 4.54. The molecule has 2 aromatic rings. The van der Waals surface area contributed by atoms with E-state index in [-0.39, 0.29) is 11.5 Å². The van der Waals surface area contributed by atoms with Gasteiger partial charge in [0, 0.05) is 11.8 Å². The zero-order chi connectivity index (χ0) is 13.6. The van der Waals surface area contributed by atoms with Gasteiger partial charge in [0.05, 0.1) is 0 Å². The van der Waals surface area contributed by atoms with Crippen molar-refractivity contribution >= 4 is 0 Å². The van der Waals surface area contributed by atoms with Crippen molar-refractivity contribution in [3.63, 3.8) is 0 Å². The van der Waals surface area contributed by atoms with Gasteiger partial charge in [-0.1, -0.05) is 51.1 Å². The molecule has 0 radical (unpaired) electrons. The van der Waals surface area contributed by atoms with Crippen LogP contribution in [-0.4, -0.2) is 20.9 Å². The fourth-order valence-electron chi connectivity index (χ4n) is 2.47. The van der Waals surface area contributed by atoms with Crippen LogP contribution in [0.25, 0.3) is 0 Å². The van der Waals surface area contributed by atoms with Crippen molar-refractivity contribution in [1.29, 1.82) is 0 Å². The Labute approximate surface area is 112 Å². The van der Waals surface area contributed by atoms with E-state index in [4.69, 9.17) is 0 Å². The van der Waals surface area contributed by atoms with Crippen LogP contribution in [-0.2, 0) is 11.8 Å². The van der Waals surface area contributed by atoms with Gasteiger partial charge in [0.1, 0.15) is 18.0 Å². The summed E-state index contributed by atoms with van der Waals surface area (Å²) in [6.07, 6.45) is -0.589. The molecule has 0 N–H and O–H groups in total. The second-order valence-corrected chi connectivity index (χ2v) is 6.12. The highest BCUT2D eigenvalue weighted by molar-refractivity contribution is 5.25. The number of alkyl halides is 1. The first kappa shape index (κ1) is 12.3. The van der Waals surface area contributed by atoms with Crippen LogP contribution < -0.4 is 0 Å². The molecule has 2 unspecified atom stereocenters. The molecule has 1 aliphatic rings. The standard InChI is InChI=1S/C15H18FN3/c1-15(2,3)14-17-12-9-11(16)13(19(12)18-14)10-7-5-4-6-8-10/h4-8,11,13H,9H2,1-3H3. The van der Waals surface area contributed by atoms with Gasteiger partial charge in [0.2, 0.25) is 0 Å². The van der Waals surface area contributed by atoms with Gasteiger partial charge in [-0.2, -0.15) is 5.10 Å². The SMILES string of the molecule is CC(C)(C)c1nc2n(n1)C(c1ccccc1)C(F)C2. The van der Waals surface area contributed by atoms with Crippen LogP contribution in [0.1, 0.15) is 44.0 Å². The van der Waals surface area contributed by atoms with Gasteiger partial charge < -0.3 is 0 Å². The van der Waals surface area contributed by atoms with Gasteiger partial charge in [0.25, 0.3) is 0 Å². The van der Waals surface area contributed by atoms with Crippen molar-refractivity contribution in [2.24, 2.45) is 0 Å². The lowest BCUT2D eigenvalue weighted by atomic mass is 9.96. The number of benzene rings is 1. The molecule has 19 heavy (non-hydrogen) atoms. The summed E-state index contributed by atoms with van der Waals surface area (Å²) >= 11 is 0. The van der Waals surface area contributed by atoms with E-state index in [1.165, 1.54) is 0 Å². The number of fused-ring (bicyclic) bond motifs is 1. The molecule has 3 nitrogen and oxygen atoms in total. The summed E-state index contributed by atoms with van der Waals surface area (Å²) < 4.78 is 16.0. The van der Waals surface area contributed by atoms with Crippen molar-refractivity contribution in [2.45, 2.75) is 44.8 Å². The molecule has 1 aromatic carbocycles. The van der Waals surface area contributed by atoms with E-state index in [1.54, 1.807) is 4.68 Å². The van der Waals surface area contributed by atoms with E-state index in [0.717, 1.165) is 17.2 Å². The Bertz CT molecular complexity index is 583. The molecule has 0 saturated heterocycles. The summed E-state index contributed by atoms with van der Waals surface area (Å²) in [6, 6.07) is 9.37. The highest BCUT2D eigenvalue weighted by atomic mass is 19.1. The lowest BCUT2D eigenvalue weighted by Crippen LogP contribution is -2.19. The van der Waals surface area contributed by atoms with Crippen molar-refractivity contribution in [3.8, 4) is 0 Å². The van der Waals surface area contributed by atoms with E-state index < -0.39 is 6.17 Å². The Hall–Kier alpha value is -1.71. The van der Waals surface area contributed by atoms with Gasteiger partial charge in [-0.3, -0.25) is 0 Å². The van der Waals surface area contributed by atoms with E-state index in [0.29, 0.717) is 6.42 Å². The van der Waals surface area contributed by atoms with E-state index in [2.05, 4.69) is 30.9 Å². The highest BCUT2D eigenvalue weighted by Gasteiger charge is 2.37. The molecule has 0 amide bonds. The first-order valence-corrected chi connectivity index (χ1v) is 6.62. The van der Waals surface area contributed by atoms with Crippen LogP contribution >= 0.6 is 0 Å². The van der Waals surface area contributed by atoms with Crippen molar-refractivity contribution < 1.29 is 4.39 Å². The smallest absolute Gasteiger partial charge is 0.156 e. The highest BCUT2D eigenvalue weighted by Crippen LogP contribution is 2.34. The average Bonchev–Trinajstić information content (AvgIpc) is 2.86. The molecule has 1 aromatic heterocycles. The molecule has 100 valence electrons. The lowest BCUT2D eigenvalue weighted by molar-refractivity contribution is 0.281. The van der Waals surface area contributed by atoms with Crippen molar-refractivity contribution in [2.75, 3.05) is 0 Å². The number of hydrogen-bond acceptors (Lipinski definition) is 2. The minimum atomic E-state index is -0.939. The summed E-state index contributed by atoms with van der Waals surface area (Å²) in [4.78, 5) is 4.50. The molecule has 2 heterocycles. The molecule has 2 atom stereocenters. The van der Waals surface area contributed by atoms with E-state index in [1.807, 2.05) is 30.3 Å². The maximum atomic E-state index is 14.2. The molecule has 1 aliphatic heterocycles. The Morgan fingerprint density at radius 1 is 1.21 bits per heavy atom. The van der Waals surface area contributed by atoms with Crippen LogP contribution in [0.4, 0.5) is 4.39 Å². The minimum absolute atomic E-state index is 0.107. The number of aromatic nitrogens is 3. The Morgan fingerprint density at radius 3 is 2.53 bits per heavy atom. The van der Waals surface area contributed by atoms with Gasteiger partial charge in [0.15, 0.2) is 5.82 Å². The number of nitrogens with zero attached hydrogens (tertiary/aromatic N) is 3. The predicted molar refractivity (Wildman–Crippen MR) is 71.9 cm³/mol. The maximum Gasteiger partial charge on any atom is 0.156 e. The maximum absolute atomic E-state index is 14.2. The van der Waals surface area contributed by atoms with Crippen LogP contribution in [0.15, 0.2) is 30.3 Å². The van der Waals surface area contributed by atoms with Crippen LogP contribution in [0, 0.1) is 0 Å². The zero-order valence-electron chi connectivity index (χ0n) is 11.5. The summed E-state index contributed by atoms with van der Waals surface area (Å²) in [7, 11) is 0. The quantitative estimate of drug-likeness (QED) is 0.788. The third-order valence-corrected chi connectivity index (χ3v) is 3.50. The summed E-state index contributed by atoms with van der Waals surface area (Å²) in [6.45, 7) is 6.22. The Balaban J connectivity index is 2.04. The molecular formula is C15H18FN3. The molecule has 0 spiro atoms. The summed E-state index contributed by atoms with van der Waals surface area (Å²) in [5.74, 6) is 1.54. The normalized spacial score (nSPS) is 22.5. The third kappa shape index (κ3) is 2.05. The van der Waals surface area contributed by atoms with Crippen LogP contribution in [0.5, 0.6) is 0 Å². The van der Waals surface area contributed by atoms with Crippen molar-refractivity contribution in [3.05, 3.63) is 47.5 Å². The van der Waals surface area contributed by atoms with Crippen LogP contribution in [0.3, 0.4) is 0 Å². The Kier molecular flexibility index (Phi) is 2.69. The second kappa shape index (κ2) is 4.15. The molecular weight excluding hydrogens is 241 g/mol. The molecule has 3 rings (SSSR count).